The average molecular weight is 338 g/mol. The molecular formula is C12H18O11. The van der Waals surface area contributed by atoms with Crippen LogP contribution in [-0.4, -0.2) is 105 Å². The number of hydrogen-bond acceptors (Lipinski definition) is 11. The fourth-order valence-electron chi connectivity index (χ4n) is 2.31. The number of carbonyl (C=O) groups is 2. The Kier molecular flexibility index (Phi) is 5.65. The van der Waals surface area contributed by atoms with Gasteiger partial charge in [0.1, 0.15) is 30.5 Å². The zero-order chi connectivity index (χ0) is 17.3. The molecule has 0 amide bonds. The molecule has 0 bridgehead atoms. The average Bonchev–Trinajstić information content (AvgIpc) is 2.82. The maximum absolute atomic E-state index is 12.0. The molecule has 0 aromatic heterocycles. The molecule has 11 heteroatoms. The Labute approximate surface area is 129 Å². The normalized spacial score (nSPS) is 42.6. The molecule has 11 nitrogen and oxygen atoms in total. The van der Waals surface area contributed by atoms with Crippen LogP contribution in [0.25, 0.3) is 0 Å². The molecule has 2 saturated heterocycles. The Bertz CT molecular complexity index is 452. The van der Waals surface area contributed by atoms with Crippen molar-refractivity contribution >= 4 is 11.8 Å². The van der Waals surface area contributed by atoms with Gasteiger partial charge >= 0.3 is 5.97 Å². The number of cyclic esters (lactones) is 1. The van der Waals surface area contributed by atoms with Gasteiger partial charge in [0.05, 0.1) is 13.2 Å². The molecule has 0 aliphatic carbocycles. The molecule has 23 heavy (non-hydrogen) atoms. The molecule has 0 radical (unpaired) electrons. The van der Waals surface area contributed by atoms with Gasteiger partial charge in [-0.2, -0.15) is 0 Å². The molecule has 6 N–H and O–H groups in total. The Hall–Kier alpha value is -1.18. The number of ether oxygens (including phenoxy) is 3. The van der Waals surface area contributed by atoms with Crippen molar-refractivity contribution in [2.24, 2.45) is 0 Å². The molecule has 8 atom stereocenters. The first-order valence-corrected chi connectivity index (χ1v) is 6.81. The highest BCUT2D eigenvalue weighted by molar-refractivity contribution is 6.09. The maximum atomic E-state index is 12.0. The number of rotatable bonds is 5. The van der Waals surface area contributed by atoms with Crippen molar-refractivity contribution in [1.82, 2.24) is 0 Å². The van der Waals surface area contributed by atoms with Crippen LogP contribution in [-0.2, 0) is 23.8 Å². The van der Waals surface area contributed by atoms with E-state index in [-0.39, 0.29) is 0 Å². The second-order valence-corrected chi connectivity index (χ2v) is 5.22. The van der Waals surface area contributed by atoms with Crippen LogP contribution >= 0.6 is 0 Å². The topological polar surface area (TPSA) is 183 Å². The zero-order valence-electron chi connectivity index (χ0n) is 11.8. The highest BCUT2D eigenvalue weighted by Gasteiger charge is 2.52. The Morgan fingerprint density at radius 2 is 1.74 bits per heavy atom. The number of ketones is 1. The van der Waals surface area contributed by atoms with Crippen LogP contribution in [0.4, 0.5) is 0 Å². The summed E-state index contributed by atoms with van der Waals surface area (Å²) in [6, 6.07) is 0. The number of carbonyl (C=O) groups excluding carboxylic acids is 2. The van der Waals surface area contributed by atoms with Crippen molar-refractivity contribution in [3.63, 3.8) is 0 Å². The summed E-state index contributed by atoms with van der Waals surface area (Å²) in [5, 5.41) is 56.2. The minimum Gasteiger partial charge on any atom is -0.449 e. The van der Waals surface area contributed by atoms with Crippen LogP contribution in [0.3, 0.4) is 0 Å². The van der Waals surface area contributed by atoms with E-state index in [4.69, 9.17) is 19.7 Å². The van der Waals surface area contributed by atoms with Gasteiger partial charge in [0.15, 0.2) is 12.4 Å². The van der Waals surface area contributed by atoms with Crippen molar-refractivity contribution in [2.45, 2.75) is 49.0 Å². The summed E-state index contributed by atoms with van der Waals surface area (Å²) < 4.78 is 14.6. The summed E-state index contributed by atoms with van der Waals surface area (Å²) >= 11 is 0. The first-order valence-electron chi connectivity index (χ1n) is 6.81. The van der Waals surface area contributed by atoms with Crippen LogP contribution < -0.4 is 0 Å². The predicted molar refractivity (Wildman–Crippen MR) is 66.6 cm³/mol. The first kappa shape index (κ1) is 18.2. The number of esters is 1. The van der Waals surface area contributed by atoms with Crippen LogP contribution in [0.5, 0.6) is 0 Å². The van der Waals surface area contributed by atoms with E-state index in [1.807, 2.05) is 0 Å². The van der Waals surface area contributed by atoms with E-state index in [9.17, 15) is 30.0 Å². The maximum Gasteiger partial charge on any atom is 0.344 e. The summed E-state index contributed by atoms with van der Waals surface area (Å²) in [4.78, 5) is 23.6. The molecule has 2 unspecified atom stereocenters. The van der Waals surface area contributed by atoms with E-state index < -0.39 is 74.0 Å². The second kappa shape index (κ2) is 7.15. The molecule has 2 aliphatic heterocycles. The van der Waals surface area contributed by atoms with Gasteiger partial charge in [-0.3, -0.25) is 4.79 Å². The lowest BCUT2D eigenvalue weighted by molar-refractivity contribution is -0.305. The van der Waals surface area contributed by atoms with Crippen molar-refractivity contribution in [1.29, 1.82) is 0 Å². The van der Waals surface area contributed by atoms with Gasteiger partial charge in [0.2, 0.25) is 11.9 Å². The monoisotopic (exact) mass is 338 g/mol. The second-order valence-electron chi connectivity index (χ2n) is 5.22. The molecule has 2 rings (SSSR count). The molecule has 2 heterocycles. The summed E-state index contributed by atoms with van der Waals surface area (Å²) in [5.41, 5.74) is 0. The molecule has 0 aromatic rings. The zero-order valence-corrected chi connectivity index (χ0v) is 11.8. The number of Topliss-reactive ketones (excluding diaryl/α,β-unsaturated/α-hetero) is 1. The van der Waals surface area contributed by atoms with Gasteiger partial charge in [-0.1, -0.05) is 0 Å². The van der Waals surface area contributed by atoms with Crippen LogP contribution in [0, 0.1) is 0 Å². The van der Waals surface area contributed by atoms with Gasteiger partial charge in [0.25, 0.3) is 0 Å². The molecular weight excluding hydrogens is 320 g/mol. The summed E-state index contributed by atoms with van der Waals surface area (Å²) in [7, 11) is 0. The number of hydrogen-bond donors (Lipinski definition) is 6. The first-order chi connectivity index (χ1) is 10.8. The fraction of sp³-hybridized carbons (Fsp3) is 0.833. The quantitative estimate of drug-likeness (QED) is 0.208. The Morgan fingerprint density at radius 1 is 1.09 bits per heavy atom. The Morgan fingerprint density at radius 3 is 2.30 bits per heavy atom. The molecule has 2 aliphatic rings. The van der Waals surface area contributed by atoms with E-state index in [1.165, 1.54) is 0 Å². The third-order valence-electron chi connectivity index (χ3n) is 3.65. The van der Waals surface area contributed by atoms with Crippen molar-refractivity contribution in [3.05, 3.63) is 0 Å². The third-order valence-corrected chi connectivity index (χ3v) is 3.65. The van der Waals surface area contributed by atoms with Gasteiger partial charge in [-0.05, 0) is 0 Å². The van der Waals surface area contributed by atoms with E-state index >= 15 is 0 Å². The molecule has 2 fully saturated rings. The smallest absolute Gasteiger partial charge is 0.344 e. The largest absolute Gasteiger partial charge is 0.449 e. The third kappa shape index (κ3) is 3.36. The number of aliphatic hydroxyl groups excluding tert-OH is 6. The fourth-order valence-corrected chi connectivity index (χ4v) is 2.31. The standard InChI is InChI=1S/C12H18O11/c13-1-3(15)9-8(19)10(11(20)22-9)23-12-7(18)6(17)5(16)4(2-14)21-12/h3-7,9-10,12-18H,1-2H2/t3?,4-,5-,6+,7-,9-,10?,12-/m1/s1. The molecule has 0 saturated carbocycles. The lowest BCUT2D eigenvalue weighted by Gasteiger charge is -2.39. The van der Waals surface area contributed by atoms with Crippen molar-refractivity contribution in [2.75, 3.05) is 13.2 Å². The minimum absolute atomic E-state index is 0.709. The lowest BCUT2D eigenvalue weighted by Crippen LogP contribution is -2.60. The van der Waals surface area contributed by atoms with Gasteiger partial charge < -0.3 is 44.8 Å². The van der Waals surface area contributed by atoms with Crippen molar-refractivity contribution in [3.8, 4) is 0 Å². The van der Waals surface area contributed by atoms with E-state index in [1.54, 1.807) is 0 Å². The van der Waals surface area contributed by atoms with Crippen LogP contribution in [0.2, 0.25) is 0 Å². The lowest BCUT2D eigenvalue weighted by atomic mass is 9.99. The van der Waals surface area contributed by atoms with Gasteiger partial charge in [-0.25, -0.2) is 4.79 Å². The van der Waals surface area contributed by atoms with Gasteiger partial charge in [-0.15, -0.1) is 0 Å². The van der Waals surface area contributed by atoms with E-state index in [0.29, 0.717) is 0 Å². The predicted octanol–water partition coefficient (Wildman–Crippen LogP) is -4.98. The van der Waals surface area contributed by atoms with Gasteiger partial charge in [0, 0.05) is 0 Å². The molecule has 132 valence electrons. The van der Waals surface area contributed by atoms with Crippen molar-refractivity contribution < 1.29 is 54.4 Å². The van der Waals surface area contributed by atoms with Crippen LogP contribution in [0.1, 0.15) is 0 Å². The molecule has 0 aromatic carbocycles. The summed E-state index contributed by atoms with van der Waals surface area (Å²) in [5.74, 6) is -2.15. The SMILES string of the molecule is O=C1O[C@H](C(O)CO)C(=O)C1O[C@H]1O[C@H](CO)[C@@H](O)[C@H](O)[C@H]1O. The number of aliphatic hydroxyl groups is 6. The summed E-state index contributed by atoms with van der Waals surface area (Å²) in [6.07, 6.45) is -13.2. The van der Waals surface area contributed by atoms with E-state index in [0.717, 1.165) is 0 Å². The van der Waals surface area contributed by atoms with E-state index in [2.05, 4.69) is 4.74 Å². The minimum atomic E-state index is -1.84. The highest BCUT2D eigenvalue weighted by atomic mass is 16.7. The summed E-state index contributed by atoms with van der Waals surface area (Å²) in [6.45, 7) is -1.53. The highest BCUT2D eigenvalue weighted by Crippen LogP contribution is 2.26. The molecule has 0 spiro atoms. The van der Waals surface area contributed by atoms with Crippen LogP contribution in [0.15, 0.2) is 0 Å². The Balaban J connectivity index is 2.08.